The molecule has 170 valence electrons. The van der Waals surface area contributed by atoms with Gasteiger partial charge in [-0.25, -0.2) is 4.98 Å². The number of methoxy groups -OCH3 is 2. The van der Waals surface area contributed by atoms with Crippen molar-refractivity contribution in [3.8, 4) is 11.5 Å². The van der Waals surface area contributed by atoms with Crippen LogP contribution < -0.4 is 19.7 Å². The summed E-state index contributed by atoms with van der Waals surface area (Å²) in [4.78, 5) is 32.8. The first-order chi connectivity index (χ1) is 16.0. The van der Waals surface area contributed by atoms with E-state index in [-0.39, 0.29) is 18.2 Å². The van der Waals surface area contributed by atoms with Gasteiger partial charge in [-0.2, -0.15) is 0 Å². The van der Waals surface area contributed by atoms with Gasteiger partial charge in [0.05, 0.1) is 26.2 Å². The second-order valence-corrected chi connectivity index (χ2v) is 7.95. The summed E-state index contributed by atoms with van der Waals surface area (Å²) in [5, 5.41) is 2.95. The molecule has 1 fully saturated rings. The van der Waals surface area contributed by atoms with E-state index in [0.717, 1.165) is 11.3 Å². The quantitative estimate of drug-likeness (QED) is 0.603. The van der Waals surface area contributed by atoms with Crippen LogP contribution in [0.2, 0.25) is 0 Å². The normalized spacial score (nSPS) is 18.0. The Morgan fingerprint density at radius 3 is 2.45 bits per heavy atom. The molecule has 7 nitrogen and oxygen atoms in total. The molecule has 0 saturated carbocycles. The van der Waals surface area contributed by atoms with Gasteiger partial charge in [-0.3, -0.25) is 9.59 Å². The van der Waals surface area contributed by atoms with Crippen LogP contribution in [-0.4, -0.2) is 31.0 Å². The molecule has 1 N–H and O–H groups in total. The van der Waals surface area contributed by atoms with Gasteiger partial charge in [-0.05, 0) is 55.8 Å². The molecule has 2 amide bonds. The molecular formula is C26H27N3O4. The molecule has 1 aliphatic heterocycles. The maximum atomic E-state index is 13.5. The highest BCUT2D eigenvalue weighted by molar-refractivity contribution is 6.00. The fourth-order valence-electron chi connectivity index (χ4n) is 4.31. The number of carbonyl (C=O) groups excluding carboxylic acids is 2. The molecule has 4 rings (SSSR count). The minimum atomic E-state index is -0.541. The second kappa shape index (κ2) is 9.73. The van der Waals surface area contributed by atoms with E-state index < -0.39 is 12.0 Å². The molecule has 1 aliphatic rings. The highest BCUT2D eigenvalue weighted by Gasteiger charge is 2.42. The van der Waals surface area contributed by atoms with Gasteiger partial charge in [0.15, 0.2) is 0 Å². The van der Waals surface area contributed by atoms with E-state index in [0.29, 0.717) is 29.4 Å². The molecule has 7 heteroatoms. The first kappa shape index (κ1) is 22.3. The van der Waals surface area contributed by atoms with E-state index in [1.54, 1.807) is 25.2 Å². The lowest BCUT2D eigenvalue weighted by Crippen LogP contribution is -2.47. The SMILES string of the molecule is COc1ccc(N2C(=O)CCC(C(=O)Nc3cccc(C)n3)C2c2ccccc2OC)cc1. The van der Waals surface area contributed by atoms with Gasteiger partial charge in [0.25, 0.3) is 0 Å². The molecule has 1 aromatic heterocycles. The average molecular weight is 446 g/mol. The van der Waals surface area contributed by atoms with Gasteiger partial charge in [0.2, 0.25) is 11.8 Å². The number of para-hydroxylation sites is 1. The number of nitrogens with zero attached hydrogens (tertiary/aromatic N) is 2. The lowest BCUT2D eigenvalue weighted by Gasteiger charge is -2.41. The zero-order chi connectivity index (χ0) is 23.4. The summed E-state index contributed by atoms with van der Waals surface area (Å²) in [6.45, 7) is 1.87. The zero-order valence-electron chi connectivity index (χ0n) is 18.9. The Morgan fingerprint density at radius 2 is 1.76 bits per heavy atom. The Morgan fingerprint density at radius 1 is 1.00 bits per heavy atom. The first-order valence-electron chi connectivity index (χ1n) is 10.9. The fourth-order valence-corrected chi connectivity index (χ4v) is 4.31. The van der Waals surface area contributed by atoms with Crippen molar-refractivity contribution in [2.24, 2.45) is 5.92 Å². The largest absolute Gasteiger partial charge is 0.497 e. The van der Waals surface area contributed by atoms with Crippen LogP contribution >= 0.6 is 0 Å². The number of hydrogen-bond donors (Lipinski definition) is 1. The van der Waals surface area contributed by atoms with Crippen molar-refractivity contribution in [2.45, 2.75) is 25.8 Å². The Labute approximate surface area is 193 Å². The van der Waals surface area contributed by atoms with E-state index in [2.05, 4.69) is 10.3 Å². The van der Waals surface area contributed by atoms with Crippen molar-refractivity contribution in [3.63, 3.8) is 0 Å². The Hall–Kier alpha value is -3.87. The Balaban J connectivity index is 1.77. The van der Waals surface area contributed by atoms with E-state index in [9.17, 15) is 9.59 Å². The van der Waals surface area contributed by atoms with Gasteiger partial charge in [0.1, 0.15) is 17.3 Å². The number of nitrogens with one attached hydrogen (secondary N) is 1. The van der Waals surface area contributed by atoms with Crippen LogP contribution in [0.1, 0.15) is 30.1 Å². The molecule has 3 aromatic rings. The minimum absolute atomic E-state index is 0.0474. The minimum Gasteiger partial charge on any atom is -0.497 e. The highest BCUT2D eigenvalue weighted by Crippen LogP contribution is 2.43. The predicted octanol–water partition coefficient (Wildman–Crippen LogP) is 4.53. The molecule has 0 spiro atoms. The number of anilines is 2. The van der Waals surface area contributed by atoms with Crippen LogP contribution in [0.5, 0.6) is 11.5 Å². The molecule has 2 atom stereocenters. The predicted molar refractivity (Wildman–Crippen MR) is 127 cm³/mol. The smallest absolute Gasteiger partial charge is 0.231 e. The Kier molecular flexibility index (Phi) is 6.58. The molecule has 0 radical (unpaired) electrons. The number of aromatic nitrogens is 1. The van der Waals surface area contributed by atoms with Crippen LogP contribution in [0.25, 0.3) is 0 Å². The molecule has 1 saturated heterocycles. The van der Waals surface area contributed by atoms with E-state index in [1.165, 1.54) is 0 Å². The number of rotatable bonds is 6. The second-order valence-electron chi connectivity index (χ2n) is 7.95. The fraction of sp³-hybridized carbons (Fsp3) is 0.269. The number of piperidine rings is 1. The lowest BCUT2D eigenvalue weighted by atomic mass is 9.82. The van der Waals surface area contributed by atoms with Crippen molar-refractivity contribution in [1.29, 1.82) is 0 Å². The Bertz CT molecular complexity index is 1150. The molecule has 33 heavy (non-hydrogen) atoms. The number of pyridine rings is 1. The van der Waals surface area contributed by atoms with Gasteiger partial charge in [0, 0.05) is 23.4 Å². The summed E-state index contributed by atoms with van der Waals surface area (Å²) >= 11 is 0. The summed E-state index contributed by atoms with van der Waals surface area (Å²) in [5.74, 6) is 1.08. The number of aryl methyl sites for hydroxylation is 1. The number of amides is 2. The van der Waals surface area contributed by atoms with E-state index in [4.69, 9.17) is 9.47 Å². The first-order valence-corrected chi connectivity index (χ1v) is 10.9. The molecule has 0 bridgehead atoms. The molecular weight excluding hydrogens is 418 g/mol. The molecule has 2 unspecified atom stereocenters. The van der Waals surface area contributed by atoms with Crippen LogP contribution in [0.4, 0.5) is 11.5 Å². The summed E-state index contributed by atoms with van der Waals surface area (Å²) in [5.41, 5.74) is 2.29. The van der Waals surface area contributed by atoms with Crippen LogP contribution in [0.15, 0.2) is 66.7 Å². The zero-order valence-corrected chi connectivity index (χ0v) is 18.9. The van der Waals surface area contributed by atoms with E-state index in [1.807, 2.05) is 67.6 Å². The monoisotopic (exact) mass is 445 g/mol. The molecule has 0 aliphatic carbocycles. The molecule has 2 heterocycles. The number of benzene rings is 2. The number of carbonyl (C=O) groups is 2. The summed E-state index contributed by atoms with van der Waals surface area (Å²) in [7, 11) is 3.19. The standard InChI is InChI=1S/C26H27N3O4/c1-17-7-6-10-23(27-17)28-26(31)21-15-16-24(30)29(18-11-13-19(32-2)14-12-18)25(21)20-8-4-5-9-22(20)33-3/h4-14,21,25H,15-16H2,1-3H3,(H,27,28,31). The van der Waals surface area contributed by atoms with E-state index >= 15 is 0 Å². The van der Waals surface area contributed by atoms with Crippen molar-refractivity contribution < 1.29 is 19.1 Å². The van der Waals surface area contributed by atoms with Crippen LogP contribution in [0.3, 0.4) is 0 Å². The number of ether oxygens (including phenoxy) is 2. The lowest BCUT2D eigenvalue weighted by molar-refractivity contribution is -0.126. The van der Waals surface area contributed by atoms with Crippen molar-refractivity contribution >= 4 is 23.3 Å². The van der Waals surface area contributed by atoms with Crippen molar-refractivity contribution in [1.82, 2.24) is 4.98 Å². The topological polar surface area (TPSA) is 80.8 Å². The maximum Gasteiger partial charge on any atom is 0.231 e. The average Bonchev–Trinajstić information content (AvgIpc) is 2.84. The van der Waals surface area contributed by atoms with Gasteiger partial charge in [-0.15, -0.1) is 0 Å². The van der Waals surface area contributed by atoms with Crippen molar-refractivity contribution in [3.05, 3.63) is 78.0 Å². The number of hydrogen-bond acceptors (Lipinski definition) is 5. The van der Waals surface area contributed by atoms with Crippen molar-refractivity contribution in [2.75, 3.05) is 24.4 Å². The summed E-state index contributed by atoms with van der Waals surface area (Å²) < 4.78 is 10.9. The third-order valence-corrected chi connectivity index (χ3v) is 5.88. The van der Waals surface area contributed by atoms with Gasteiger partial charge < -0.3 is 19.7 Å². The summed E-state index contributed by atoms with van der Waals surface area (Å²) in [6, 6.07) is 19.7. The summed E-state index contributed by atoms with van der Waals surface area (Å²) in [6.07, 6.45) is 0.683. The maximum absolute atomic E-state index is 13.5. The highest BCUT2D eigenvalue weighted by atomic mass is 16.5. The molecule has 2 aromatic carbocycles. The third kappa shape index (κ3) is 4.67. The van der Waals surface area contributed by atoms with Gasteiger partial charge >= 0.3 is 0 Å². The van der Waals surface area contributed by atoms with Gasteiger partial charge in [-0.1, -0.05) is 24.3 Å². The van der Waals surface area contributed by atoms with Crippen LogP contribution in [0, 0.1) is 12.8 Å². The third-order valence-electron chi connectivity index (χ3n) is 5.88. The van der Waals surface area contributed by atoms with Crippen LogP contribution in [-0.2, 0) is 9.59 Å².